The Labute approximate surface area is 146 Å². The lowest BCUT2D eigenvalue weighted by Gasteiger charge is -2.32. The van der Waals surface area contributed by atoms with Crippen LogP contribution in [0.2, 0.25) is 10.0 Å². The molecule has 2 aliphatic rings. The molecule has 116 valence electrons. The molecule has 4 rings (SSSR count). The van der Waals surface area contributed by atoms with Crippen LogP contribution in [0.1, 0.15) is 5.56 Å². The van der Waals surface area contributed by atoms with Crippen LogP contribution in [0.25, 0.3) is 0 Å². The van der Waals surface area contributed by atoms with Gasteiger partial charge in [-0.15, -0.1) is 11.8 Å². The highest BCUT2D eigenvalue weighted by Gasteiger charge is 2.58. The minimum Gasteiger partial charge on any atom is -0.323 e. The average molecular weight is 365 g/mol. The Hall–Kier alpha value is -1.69. The van der Waals surface area contributed by atoms with Gasteiger partial charge in [0.25, 0.3) is 5.91 Å². The summed E-state index contributed by atoms with van der Waals surface area (Å²) in [4.78, 5) is 25.7. The Morgan fingerprint density at radius 3 is 2.65 bits per heavy atom. The van der Waals surface area contributed by atoms with Crippen molar-refractivity contribution in [3.8, 4) is 0 Å². The highest BCUT2D eigenvalue weighted by molar-refractivity contribution is 8.02. The number of hydrogen-bond donors (Lipinski definition) is 1. The molecular formula is C16H10Cl2N2O2S. The summed E-state index contributed by atoms with van der Waals surface area (Å²) >= 11 is 13.4. The van der Waals surface area contributed by atoms with E-state index in [0.717, 1.165) is 11.3 Å². The summed E-state index contributed by atoms with van der Waals surface area (Å²) in [5.41, 5.74) is 2.07. The number of hydrogen-bond acceptors (Lipinski definition) is 3. The van der Waals surface area contributed by atoms with Gasteiger partial charge in [0.15, 0.2) is 0 Å². The second-order valence-corrected chi connectivity index (χ2v) is 7.24. The molecule has 0 aliphatic carbocycles. The summed E-state index contributed by atoms with van der Waals surface area (Å²) in [6.07, 6.45) is 0. The Kier molecular flexibility index (Phi) is 3.34. The highest BCUT2D eigenvalue weighted by atomic mass is 35.5. The van der Waals surface area contributed by atoms with Crippen LogP contribution in [0.5, 0.6) is 0 Å². The largest absolute Gasteiger partial charge is 0.323 e. The predicted octanol–water partition coefficient (Wildman–Crippen LogP) is 3.88. The van der Waals surface area contributed by atoms with Crippen molar-refractivity contribution < 1.29 is 9.59 Å². The van der Waals surface area contributed by atoms with Crippen molar-refractivity contribution in [1.82, 2.24) is 0 Å². The fourth-order valence-corrected chi connectivity index (χ4v) is 4.61. The number of rotatable bonds is 1. The van der Waals surface area contributed by atoms with Gasteiger partial charge in [-0.05, 0) is 24.3 Å². The summed E-state index contributed by atoms with van der Waals surface area (Å²) in [5, 5.41) is 3.61. The van der Waals surface area contributed by atoms with Crippen LogP contribution in [0.15, 0.2) is 42.5 Å². The molecule has 0 bridgehead atoms. The van der Waals surface area contributed by atoms with Crippen molar-refractivity contribution in [3.05, 3.63) is 58.1 Å². The molecule has 23 heavy (non-hydrogen) atoms. The van der Waals surface area contributed by atoms with Gasteiger partial charge in [0.2, 0.25) is 10.8 Å². The zero-order valence-electron chi connectivity index (χ0n) is 11.7. The lowest BCUT2D eigenvalue weighted by Crippen LogP contribution is -2.47. The first kappa shape index (κ1) is 14.9. The molecule has 1 N–H and O–H groups in total. The van der Waals surface area contributed by atoms with Crippen molar-refractivity contribution in [2.75, 3.05) is 16.0 Å². The van der Waals surface area contributed by atoms with Gasteiger partial charge in [-0.25, -0.2) is 0 Å². The molecule has 0 aromatic heterocycles. The zero-order chi connectivity index (χ0) is 16.2. The number of carbonyl (C=O) groups is 2. The van der Waals surface area contributed by atoms with Crippen LogP contribution in [0, 0.1) is 0 Å². The first-order valence-corrected chi connectivity index (χ1v) is 8.61. The van der Waals surface area contributed by atoms with Gasteiger partial charge in [-0.1, -0.05) is 41.4 Å². The Balaban J connectivity index is 1.93. The molecule has 2 heterocycles. The SMILES string of the molecule is O=C1CS[C@@]2(C(=O)Nc3ccccc32)N1c1ccc(Cl)c(Cl)c1. The fourth-order valence-electron chi connectivity index (χ4n) is 3.00. The Morgan fingerprint density at radius 2 is 1.87 bits per heavy atom. The van der Waals surface area contributed by atoms with E-state index in [0.29, 0.717) is 15.7 Å². The van der Waals surface area contributed by atoms with Gasteiger partial charge in [-0.2, -0.15) is 0 Å². The van der Waals surface area contributed by atoms with Gasteiger partial charge in [0.1, 0.15) is 0 Å². The van der Waals surface area contributed by atoms with E-state index in [-0.39, 0.29) is 17.6 Å². The first-order valence-electron chi connectivity index (χ1n) is 6.87. The second-order valence-electron chi connectivity index (χ2n) is 5.26. The van der Waals surface area contributed by atoms with E-state index in [1.807, 2.05) is 24.3 Å². The van der Waals surface area contributed by atoms with Crippen molar-refractivity contribution in [1.29, 1.82) is 0 Å². The molecule has 1 saturated heterocycles. The third kappa shape index (κ3) is 2.00. The fraction of sp³-hybridized carbons (Fsp3) is 0.125. The van der Waals surface area contributed by atoms with E-state index >= 15 is 0 Å². The molecule has 7 heteroatoms. The predicted molar refractivity (Wildman–Crippen MR) is 93.2 cm³/mol. The Morgan fingerprint density at radius 1 is 1.09 bits per heavy atom. The van der Waals surface area contributed by atoms with Crippen LogP contribution >= 0.6 is 35.0 Å². The smallest absolute Gasteiger partial charge is 0.266 e. The maximum Gasteiger partial charge on any atom is 0.266 e. The summed E-state index contributed by atoms with van der Waals surface area (Å²) in [5.74, 6) is -0.136. The summed E-state index contributed by atoms with van der Waals surface area (Å²) in [7, 11) is 0. The van der Waals surface area contributed by atoms with Crippen LogP contribution in [-0.2, 0) is 14.5 Å². The van der Waals surface area contributed by atoms with Gasteiger partial charge in [0, 0.05) is 16.9 Å². The molecule has 4 nitrogen and oxygen atoms in total. The molecule has 1 spiro atoms. The van der Waals surface area contributed by atoms with Gasteiger partial charge in [-0.3, -0.25) is 14.5 Å². The molecule has 0 saturated carbocycles. The monoisotopic (exact) mass is 364 g/mol. The minimum atomic E-state index is -1.09. The molecule has 2 amide bonds. The van der Waals surface area contributed by atoms with Crippen molar-refractivity contribution in [2.45, 2.75) is 4.87 Å². The number of amides is 2. The third-order valence-corrected chi connectivity index (χ3v) is 6.11. The summed E-state index contributed by atoms with van der Waals surface area (Å²) in [6, 6.07) is 12.3. The number of nitrogens with zero attached hydrogens (tertiary/aromatic N) is 1. The molecule has 1 fully saturated rings. The van der Waals surface area contributed by atoms with E-state index in [1.54, 1.807) is 18.2 Å². The molecule has 0 unspecified atom stereocenters. The Bertz CT molecular complexity index is 858. The van der Waals surface area contributed by atoms with Gasteiger partial charge >= 0.3 is 0 Å². The minimum absolute atomic E-state index is 0.139. The van der Waals surface area contributed by atoms with E-state index in [1.165, 1.54) is 16.7 Å². The molecule has 2 aromatic carbocycles. The average Bonchev–Trinajstić information content (AvgIpc) is 3.02. The normalized spacial score (nSPS) is 22.6. The number of fused-ring (bicyclic) bond motifs is 2. The number of carbonyl (C=O) groups excluding carboxylic acids is 2. The standard InChI is InChI=1S/C16H10Cl2N2O2S/c17-11-6-5-9(7-12(11)18)20-14(21)8-23-16(20)10-3-1-2-4-13(10)19-15(16)22/h1-7H,8H2,(H,19,22)/t16-/m0/s1. The van der Waals surface area contributed by atoms with Gasteiger partial charge in [0.05, 0.1) is 15.8 Å². The van der Waals surface area contributed by atoms with Gasteiger partial charge < -0.3 is 5.32 Å². The second kappa shape index (κ2) is 5.16. The van der Waals surface area contributed by atoms with Crippen molar-refractivity contribution in [3.63, 3.8) is 0 Å². The number of benzene rings is 2. The van der Waals surface area contributed by atoms with Crippen molar-refractivity contribution in [2.24, 2.45) is 0 Å². The molecular weight excluding hydrogens is 355 g/mol. The first-order chi connectivity index (χ1) is 11.0. The van der Waals surface area contributed by atoms with Crippen LogP contribution in [-0.4, -0.2) is 17.6 Å². The molecule has 2 aromatic rings. The van der Waals surface area contributed by atoms with Crippen molar-refractivity contribution >= 4 is 58.2 Å². The summed E-state index contributed by atoms with van der Waals surface area (Å²) < 4.78 is 0. The quantitative estimate of drug-likeness (QED) is 0.835. The molecule has 0 radical (unpaired) electrons. The number of nitrogens with one attached hydrogen (secondary N) is 1. The highest BCUT2D eigenvalue weighted by Crippen LogP contribution is 2.53. The van der Waals surface area contributed by atoms with Crippen LogP contribution < -0.4 is 10.2 Å². The van der Waals surface area contributed by atoms with E-state index in [9.17, 15) is 9.59 Å². The third-order valence-electron chi connectivity index (χ3n) is 3.98. The lowest BCUT2D eigenvalue weighted by molar-refractivity contribution is -0.122. The van der Waals surface area contributed by atoms with E-state index in [4.69, 9.17) is 23.2 Å². The summed E-state index contributed by atoms with van der Waals surface area (Å²) in [6.45, 7) is 0. The topological polar surface area (TPSA) is 49.4 Å². The zero-order valence-corrected chi connectivity index (χ0v) is 14.0. The number of para-hydroxylation sites is 1. The molecule has 2 aliphatic heterocycles. The maximum absolute atomic E-state index is 12.8. The van der Waals surface area contributed by atoms with E-state index < -0.39 is 4.87 Å². The number of anilines is 2. The van der Waals surface area contributed by atoms with E-state index in [2.05, 4.69) is 5.32 Å². The molecule has 1 atom stereocenters. The maximum atomic E-state index is 12.8. The van der Waals surface area contributed by atoms with Crippen LogP contribution in [0.4, 0.5) is 11.4 Å². The number of halogens is 2. The van der Waals surface area contributed by atoms with Crippen LogP contribution in [0.3, 0.4) is 0 Å². The number of thioether (sulfide) groups is 1. The lowest BCUT2D eigenvalue weighted by atomic mass is 10.0.